The molecule has 0 saturated carbocycles. The van der Waals surface area contributed by atoms with Gasteiger partial charge in [0.2, 0.25) is 0 Å². The molecule has 1 aliphatic rings. The van der Waals surface area contributed by atoms with E-state index >= 15 is 0 Å². The highest BCUT2D eigenvalue weighted by Crippen LogP contribution is 2.28. The predicted octanol–water partition coefficient (Wildman–Crippen LogP) is 2.46. The first kappa shape index (κ1) is 13.3. The number of halogens is 1. The summed E-state index contributed by atoms with van der Waals surface area (Å²) in [4.78, 5) is 9.15. The van der Waals surface area contributed by atoms with Gasteiger partial charge in [0, 0.05) is 22.6 Å². The van der Waals surface area contributed by atoms with E-state index in [0.29, 0.717) is 29.9 Å². The van der Waals surface area contributed by atoms with Gasteiger partial charge >= 0.3 is 0 Å². The number of hydrazine groups is 1. The van der Waals surface area contributed by atoms with E-state index < -0.39 is 0 Å². The van der Waals surface area contributed by atoms with Crippen molar-refractivity contribution in [2.24, 2.45) is 5.84 Å². The fourth-order valence-electron chi connectivity index (χ4n) is 2.35. The Hall–Kier alpha value is -1.69. The third-order valence-electron chi connectivity index (χ3n) is 3.39. The number of nitrogens with one attached hydrogen (secondary N) is 1. The smallest absolute Gasteiger partial charge is 0.162 e. The van der Waals surface area contributed by atoms with Crippen LogP contribution >= 0.6 is 11.6 Å². The largest absolute Gasteiger partial charge is 0.376 e. The Morgan fingerprint density at radius 2 is 2.20 bits per heavy atom. The number of aromatic nitrogens is 2. The normalized spacial score (nSPS) is 13.9. The van der Waals surface area contributed by atoms with Crippen molar-refractivity contribution in [2.45, 2.75) is 20.0 Å². The van der Waals surface area contributed by atoms with Crippen molar-refractivity contribution in [3.8, 4) is 11.4 Å². The lowest BCUT2D eigenvalue weighted by Crippen LogP contribution is -2.19. The molecule has 6 heteroatoms. The Morgan fingerprint density at radius 3 is 2.95 bits per heavy atom. The number of fused-ring (bicyclic) bond motifs is 1. The standard InChI is InChI=1S/C14H15ClN4O/c1-8-6-9(15)2-3-10(8)13-17-12-4-5-20-7-11(12)14(18-13)19-16/h2-3,6H,4-5,7,16H2,1H3,(H,17,18,19). The molecule has 5 nitrogen and oxygen atoms in total. The highest BCUT2D eigenvalue weighted by molar-refractivity contribution is 6.30. The van der Waals surface area contributed by atoms with Crippen molar-refractivity contribution in [3.05, 3.63) is 40.0 Å². The average Bonchev–Trinajstić information content (AvgIpc) is 2.46. The molecule has 3 rings (SSSR count). The summed E-state index contributed by atoms with van der Waals surface area (Å²) in [6.07, 6.45) is 0.770. The Morgan fingerprint density at radius 1 is 1.35 bits per heavy atom. The maximum absolute atomic E-state index is 5.99. The Kier molecular flexibility index (Phi) is 3.56. The zero-order valence-corrected chi connectivity index (χ0v) is 11.9. The van der Waals surface area contributed by atoms with Crippen LogP contribution in [0.25, 0.3) is 11.4 Å². The Bertz CT molecular complexity index is 643. The lowest BCUT2D eigenvalue weighted by Gasteiger charge is -2.19. The van der Waals surface area contributed by atoms with Crippen LogP contribution in [0.3, 0.4) is 0 Å². The van der Waals surface area contributed by atoms with Crippen LogP contribution in [-0.2, 0) is 17.8 Å². The fourth-order valence-corrected chi connectivity index (χ4v) is 2.58. The van der Waals surface area contributed by atoms with Crippen molar-refractivity contribution in [3.63, 3.8) is 0 Å². The maximum atomic E-state index is 5.99. The van der Waals surface area contributed by atoms with Gasteiger partial charge < -0.3 is 10.2 Å². The first-order valence-corrected chi connectivity index (χ1v) is 6.77. The van der Waals surface area contributed by atoms with Crippen LogP contribution < -0.4 is 11.3 Å². The highest BCUT2D eigenvalue weighted by Gasteiger charge is 2.19. The molecule has 1 aromatic carbocycles. The number of hydrogen-bond donors (Lipinski definition) is 2. The summed E-state index contributed by atoms with van der Waals surface area (Å²) in [5, 5.41) is 0.704. The van der Waals surface area contributed by atoms with E-state index in [1.165, 1.54) is 0 Å². The van der Waals surface area contributed by atoms with E-state index in [2.05, 4.69) is 15.4 Å². The van der Waals surface area contributed by atoms with Crippen LogP contribution in [0, 0.1) is 6.92 Å². The van der Waals surface area contributed by atoms with Gasteiger partial charge in [-0.15, -0.1) is 0 Å². The summed E-state index contributed by atoms with van der Waals surface area (Å²) in [5.74, 6) is 6.85. The second-order valence-corrected chi connectivity index (χ2v) is 5.16. The Balaban J connectivity index is 2.14. The molecule has 0 unspecified atom stereocenters. The minimum Gasteiger partial charge on any atom is -0.376 e. The van der Waals surface area contributed by atoms with Crippen molar-refractivity contribution < 1.29 is 4.74 Å². The summed E-state index contributed by atoms with van der Waals surface area (Å²) >= 11 is 5.99. The van der Waals surface area contributed by atoms with Gasteiger partial charge in [0.25, 0.3) is 0 Å². The van der Waals surface area contributed by atoms with E-state index in [9.17, 15) is 0 Å². The highest BCUT2D eigenvalue weighted by atomic mass is 35.5. The first-order chi connectivity index (χ1) is 9.69. The Labute approximate surface area is 122 Å². The van der Waals surface area contributed by atoms with Crippen LogP contribution in [0.5, 0.6) is 0 Å². The number of ether oxygens (including phenoxy) is 1. The molecule has 0 amide bonds. The van der Waals surface area contributed by atoms with E-state index in [0.717, 1.165) is 28.8 Å². The molecular weight excluding hydrogens is 276 g/mol. The molecule has 0 spiro atoms. The fraction of sp³-hybridized carbons (Fsp3) is 0.286. The number of nitrogen functional groups attached to an aromatic ring is 1. The lowest BCUT2D eigenvalue weighted by atomic mass is 10.1. The number of nitrogens with two attached hydrogens (primary N) is 1. The summed E-state index contributed by atoms with van der Waals surface area (Å²) in [6, 6.07) is 5.67. The van der Waals surface area contributed by atoms with Gasteiger partial charge in [-0.05, 0) is 30.7 Å². The molecule has 0 aliphatic carbocycles. The third kappa shape index (κ3) is 2.35. The van der Waals surface area contributed by atoms with Crippen LogP contribution in [0.2, 0.25) is 5.02 Å². The quantitative estimate of drug-likeness (QED) is 0.656. The minimum atomic E-state index is 0.495. The van der Waals surface area contributed by atoms with E-state index in [1.807, 2.05) is 25.1 Å². The zero-order valence-electron chi connectivity index (χ0n) is 11.1. The van der Waals surface area contributed by atoms with Crippen LogP contribution in [0.15, 0.2) is 18.2 Å². The van der Waals surface area contributed by atoms with Crippen LogP contribution in [0.4, 0.5) is 5.82 Å². The van der Waals surface area contributed by atoms with Gasteiger partial charge in [0.05, 0.1) is 18.9 Å². The number of anilines is 1. The molecular formula is C14H15ClN4O. The molecule has 0 saturated heterocycles. The van der Waals surface area contributed by atoms with Gasteiger partial charge in [-0.3, -0.25) is 0 Å². The second kappa shape index (κ2) is 5.36. The molecule has 104 valence electrons. The van der Waals surface area contributed by atoms with Gasteiger partial charge in [0.15, 0.2) is 5.82 Å². The predicted molar refractivity (Wildman–Crippen MR) is 78.4 cm³/mol. The molecule has 0 radical (unpaired) electrons. The van der Waals surface area contributed by atoms with Crippen molar-refractivity contribution >= 4 is 17.4 Å². The summed E-state index contributed by atoms with van der Waals surface area (Å²) in [5.41, 5.74) is 6.56. The number of benzene rings is 1. The van der Waals surface area contributed by atoms with Crippen molar-refractivity contribution in [1.82, 2.24) is 9.97 Å². The molecule has 1 aromatic heterocycles. The monoisotopic (exact) mass is 290 g/mol. The summed E-state index contributed by atoms with van der Waals surface area (Å²) < 4.78 is 5.43. The molecule has 20 heavy (non-hydrogen) atoms. The van der Waals surface area contributed by atoms with Crippen molar-refractivity contribution in [2.75, 3.05) is 12.0 Å². The zero-order chi connectivity index (χ0) is 14.1. The third-order valence-corrected chi connectivity index (χ3v) is 3.62. The van der Waals surface area contributed by atoms with E-state index in [4.69, 9.17) is 22.2 Å². The SMILES string of the molecule is Cc1cc(Cl)ccc1-c1nc2c(c(NN)n1)COCC2. The van der Waals surface area contributed by atoms with E-state index in [-0.39, 0.29) is 0 Å². The van der Waals surface area contributed by atoms with E-state index in [1.54, 1.807) is 0 Å². The molecule has 2 heterocycles. The summed E-state index contributed by atoms with van der Waals surface area (Å²) in [7, 11) is 0. The first-order valence-electron chi connectivity index (χ1n) is 6.39. The minimum absolute atomic E-state index is 0.495. The number of aryl methyl sites for hydroxylation is 1. The maximum Gasteiger partial charge on any atom is 0.162 e. The molecule has 2 aromatic rings. The van der Waals surface area contributed by atoms with Gasteiger partial charge in [-0.2, -0.15) is 0 Å². The van der Waals surface area contributed by atoms with Gasteiger partial charge in [0.1, 0.15) is 5.82 Å². The average molecular weight is 291 g/mol. The molecule has 0 bridgehead atoms. The summed E-state index contributed by atoms with van der Waals surface area (Å²) in [6.45, 7) is 3.16. The van der Waals surface area contributed by atoms with Crippen molar-refractivity contribution in [1.29, 1.82) is 0 Å². The topological polar surface area (TPSA) is 73.1 Å². The molecule has 0 fully saturated rings. The lowest BCUT2D eigenvalue weighted by molar-refractivity contribution is 0.109. The van der Waals surface area contributed by atoms with Gasteiger partial charge in [-0.1, -0.05) is 11.6 Å². The molecule has 3 N–H and O–H groups in total. The number of nitrogens with zero attached hydrogens (tertiary/aromatic N) is 2. The molecule has 0 atom stereocenters. The van der Waals surface area contributed by atoms with Crippen LogP contribution in [-0.4, -0.2) is 16.6 Å². The second-order valence-electron chi connectivity index (χ2n) is 4.73. The van der Waals surface area contributed by atoms with Crippen LogP contribution in [0.1, 0.15) is 16.8 Å². The number of hydrogen-bond acceptors (Lipinski definition) is 5. The molecule has 1 aliphatic heterocycles. The van der Waals surface area contributed by atoms with Gasteiger partial charge in [-0.25, -0.2) is 15.8 Å². The number of rotatable bonds is 2.